The number of nitrogens with two attached hydrogens (primary N) is 1. The summed E-state index contributed by atoms with van der Waals surface area (Å²) >= 11 is 0. The number of benzene rings is 1. The molecule has 1 aromatic carbocycles. The van der Waals surface area contributed by atoms with Crippen molar-refractivity contribution in [2.75, 3.05) is 18.4 Å². The van der Waals surface area contributed by atoms with Crippen LogP contribution >= 0.6 is 0 Å². The number of H-pyrrole nitrogens is 1. The molecule has 0 spiro atoms. The molecule has 138 valence electrons. The molecule has 3 rings (SSSR count). The third-order valence-electron chi connectivity index (χ3n) is 4.28. The van der Waals surface area contributed by atoms with Gasteiger partial charge in [0.1, 0.15) is 5.69 Å². The van der Waals surface area contributed by atoms with Crippen molar-refractivity contribution in [3.63, 3.8) is 0 Å². The molecule has 1 unspecified atom stereocenters. The number of nitrogens with one attached hydrogen (secondary N) is 2. The molecule has 1 aliphatic heterocycles. The Morgan fingerprint density at radius 3 is 2.73 bits per heavy atom. The highest BCUT2D eigenvalue weighted by atomic mass is 19.2. The predicted octanol–water partition coefficient (Wildman–Crippen LogP) is 2.34. The summed E-state index contributed by atoms with van der Waals surface area (Å²) < 4.78 is 39.9. The first-order valence-electron chi connectivity index (χ1n) is 7.91. The zero-order chi connectivity index (χ0) is 18.8. The van der Waals surface area contributed by atoms with Gasteiger partial charge >= 0.3 is 6.03 Å². The summed E-state index contributed by atoms with van der Waals surface area (Å²) in [6.45, 7) is 0.710. The number of piperidine rings is 1. The molecular formula is C16H16F3N5O2. The van der Waals surface area contributed by atoms with Crippen molar-refractivity contribution < 1.29 is 22.8 Å². The van der Waals surface area contributed by atoms with Crippen LogP contribution in [0.5, 0.6) is 0 Å². The number of carbonyl (C=O) groups excluding carboxylic acids is 2. The number of halogens is 3. The van der Waals surface area contributed by atoms with Crippen molar-refractivity contribution in [3.8, 4) is 0 Å². The monoisotopic (exact) mass is 367 g/mol. The molecule has 0 bridgehead atoms. The van der Waals surface area contributed by atoms with E-state index in [4.69, 9.17) is 5.73 Å². The van der Waals surface area contributed by atoms with Crippen LogP contribution in [0.1, 0.15) is 34.9 Å². The molecule has 2 heterocycles. The summed E-state index contributed by atoms with van der Waals surface area (Å²) in [5, 5.41) is 8.79. The van der Waals surface area contributed by atoms with E-state index in [2.05, 4.69) is 15.5 Å². The van der Waals surface area contributed by atoms with E-state index in [-0.39, 0.29) is 18.2 Å². The van der Waals surface area contributed by atoms with Crippen LogP contribution < -0.4 is 11.1 Å². The van der Waals surface area contributed by atoms with E-state index in [1.807, 2.05) is 0 Å². The van der Waals surface area contributed by atoms with Crippen LogP contribution in [0.4, 0.5) is 23.7 Å². The van der Waals surface area contributed by atoms with E-state index in [1.54, 1.807) is 0 Å². The van der Waals surface area contributed by atoms with Crippen LogP contribution in [0.2, 0.25) is 0 Å². The fraction of sp³-hybridized carbons (Fsp3) is 0.312. The van der Waals surface area contributed by atoms with Crippen LogP contribution in [-0.2, 0) is 0 Å². The van der Waals surface area contributed by atoms with Gasteiger partial charge in [-0.1, -0.05) is 0 Å². The Bertz CT molecular complexity index is 854. The Labute approximate surface area is 146 Å². The van der Waals surface area contributed by atoms with Gasteiger partial charge in [-0.2, -0.15) is 5.10 Å². The Morgan fingerprint density at radius 1 is 1.27 bits per heavy atom. The smallest absolute Gasteiger partial charge is 0.321 e. The molecule has 4 N–H and O–H groups in total. The zero-order valence-corrected chi connectivity index (χ0v) is 13.6. The number of hydrogen-bond acceptors (Lipinski definition) is 3. The topological polar surface area (TPSA) is 104 Å². The van der Waals surface area contributed by atoms with Gasteiger partial charge in [0, 0.05) is 24.7 Å². The summed E-state index contributed by atoms with van der Waals surface area (Å²) in [5.74, 6) is -5.19. The van der Waals surface area contributed by atoms with E-state index >= 15 is 0 Å². The van der Waals surface area contributed by atoms with Gasteiger partial charge in [0.25, 0.3) is 5.91 Å². The first kappa shape index (κ1) is 17.8. The number of rotatable bonds is 3. The quantitative estimate of drug-likeness (QED) is 0.725. The molecule has 7 nitrogen and oxygen atoms in total. The summed E-state index contributed by atoms with van der Waals surface area (Å²) in [6, 6.07) is 2.60. The fourth-order valence-electron chi connectivity index (χ4n) is 2.90. The van der Waals surface area contributed by atoms with Crippen LogP contribution in [0.15, 0.2) is 18.2 Å². The van der Waals surface area contributed by atoms with E-state index in [9.17, 15) is 22.8 Å². The van der Waals surface area contributed by atoms with Crippen LogP contribution in [-0.4, -0.2) is 40.1 Å². The fourth-order valence-corrected chi connectivity index (χ4v) is 2.90. The normalized spacial score (nSPS) is 17.2. The highest BCUT2D eigenvalue weighted by Gasteiger charge is 2.27. The number of anilines is 1. The Morgan fingerprint density at radius 2 is 2.04 bits per heavy atom. The first-order valence-corrected chi connectivity index (χ1v) is 7.91. The minimum Gasteiger partial charge on any atom is -0.364 e. The third-order valence-corrected chi connectivity index (χ3v) is 4.28. The van der Waals surface area contributed by atoms with Crippen molar-refractivity contribution in [1.29, 1.82) is 0 Å². The maximum absolute atomic E-state index is 13.7. The number of primary amides is 1. The van der Waals surface area contributed by atoms with Gasteiger partial charge in [-0.05, 0) is 31.0 Å². The van der Waals surface area contributed by atoms with Gasteiger partial charge in [-0.15, -0.1) is 0 Å². The molecule has 0 aliphatic carbocycles. The Balaban J connectivity index is 1.70. The van der Waals surface area contributed by atoms with E-state index in [0.717, 1.165) is 18.6 Å². The lowest BCUT2D eigenvalue weighted by Gasteiger charge is -2.32. The minimum atomic E-state index is -1.64. The van der Waals surface area contributed by atoms with Crippen molar-refractivity contribution in [1.82, 2.24) is 15.1 Å². The number of nitrogens with zero attached hydrogens (tertiary/aromatic N) is 2. The van der Waals surface area contributed by atoms with Gasteiger partial charge in [0.2, 0.25) is 0 Å². The number of aromatic nitrogens is 2. The van der Waals surface area contributed by atoms with E-state index in [1.165, 1.54) is 11.0 Å². The van der Waals surface area contributed by atoms with Crippen LogP contribution in [0, 0.1) is 17.5 Å². The van der Waals surface area contributed by atoms with Gasteiger partial charge in [0.15, 0.2) is 17.5 Å². The predicted molar refractivity (Wildman–Crippen MR) is 86.0 cm³/mol. The maximum atomic E-state index is 13.7. The molecule has 2 aromatic rings. The summed E-state index contributed by atoms with van der Waals surface area (Å²) in [4.78, 5) is 24.9. The van der Waals surface area contributed by atoms with Crippen LogP contribution in [0.25, 0.3) is 0 Å². The molecule has 0 saturated carbocycles. The Hall–Kier alpha value is -3.04. The summed E-state index contributed by atoms with van der Waals surface area (Å²) in [7, 11) is 0. The molecular weight excluding hydrogens is 351 g/mol. The molecule has 3 amide bonds. The average molecular weight is 367 g/mol. The molecule has 1 aliphatic rings. The molecule has 1 saturated heterocycles. The molecule has 1 aromatic heterocycles. The highest BCUT2D eigenvalue weighted by Crippen LogP contribution is 2.27. The summed E-state index contributed by atoms with van der Waals surface area (Å²) in [5.41, 5.74) is 5.49. The minimum absolute atomic E-state index is 0.102. The van der Waals surface area contributed by atoms with Crippen molar-refractivity contribution in [2.24, 2.45) is 5.73 Å². The lowest BCUT2D eigenvalue weighted by atomic mass is 9.95. The van der Waals surface area contributed by atoms with Gasteiger partial charge in [0.05, 0.1) is 5.69 Å². The number of urea groups is 1. The highest BCUT2D eigenvalue weighted by molar-refractivity contribution is 5.91. The molecule has 10 heteroatoms. The van der Waals surface area contributed by atoms with Crippen molar-refractivity contribution >= 4 is 17.6 Å². The van der Waals surface area contributed by atoms with E-state index in [0.29, 0.717) is 18.7 Å². The number of hydrogen-bond donors (Lipinski definition) is 3. The number of carbonyl (C=O) groups is 2. The molecule has 26 heavy (non-hydrogen) atoms. The SMILES string of the molecule is NC(=O)c1cc(C2CCCN(C(=O)Nc3ccc(F)c(F)c3F)C2)[nH]n1. The summed E-state index contributed by atoms with van der Waals surface area (Å²) in [6.07, 6.45) is 1.42. The second kappa shape index (κ2) is 7.06. The molecule has 1 fully saturated rings. The van der Waals surface area contributed by atoms with Crippen molar-refractivity contribution in [3.05, 3.63) is 47.0 Å². The van der Waals surface area contributed by atoms with Gasteiger partial charge < -0.3 is 16.0 Å². The standard InChI is InChI=1S/C16H16F3N5O2/c17-9-3-4-10(14(19)13(9)18)21-16(26)24-5-1-2-8(7-24)11-6-12(15(20)25)23-22-11/h3-4,6,8H,1-2,5,7H2,(H2,20,25)(H,21,26)(H,22,23). The number of aromatic amines is 1. The lowest BCUT2D eigenvalue weighted by molar-refractivity contribution is 0.0995. The molecule has 0 radical (unpaired) electrons. The number of likely N-dealkylation sites (tertiary alicyclic amines) is 1. The average Bonchev–Trinajstić information content (AvgIpc) is 3.13. The van der Waals surface area contributed by atoms with E-state index < -0.39 is 35.1 Å². The Kier molecular flexibility index (Phi) is 4.83. The van der Waals surface area contributed by atoms with Gasteiger partial charge in [-0.3, -0.25) is 9.89 Å². The number of amides is 3. The maximum Gasteiger partial charge on any atom is 0.321 e. The largest absolute Gasteiger partial charge is 0.364 e. The first-order chi connectivity index (χ1) is 12.4. The second-order valence-corrected chi connectivity index (χ2v) is 6.01. The third kappa shape index (κ3) is 3.48. The lowest BCUT2D eigenvalue weighted by Crippen LogP contribution is -2.41. The molecule has 1 atom stereocenters. The zero-order valence-electron chi connectivity index (χ0n) is 13.6. The van der Waals surface area contributed by atoms with Gasteiger partial charge in [-0.25, -0.2) is 18.0 Å². The second-order valence-electron chi connectivity index (χ2n) is 6.01. The van der Waals surface area contributed by atoms with Crippen LogP contribution in [0.3, 0.4) is 0 Å². The van der Waals surface area contributed by atoms with Crippen molar-refractivity contribution in [2.45, 2.75) is 18.8 Å².